The average Bonchev–Trinajstić information content (AvgIpc) is 2.36. The lowest BCUT2D eigenvalue weighted by Gasteiger charge is -2.37. The summed E-state index contributed by atoms with van der Waals surface area (Å²) in [6.45, 7) is 3.71. The van der Waals surface area contributed by atoms with Crippen LogP contribution in [0.4, 0.5) is 0 Å². The third-order valence-corrected chi connectivity index (χ3v) is 5.91. The second-order valence-electron chi connectivity index (χ2n) is 4.66. The molecular formula is C11H18N2O3S2. The molecule has 1 aliphatic rings. The van der Waals surface area contributed by atoms with Gasteiger partial charge in [0.15, 0.2) is 9.84 Å². The van der Waals surface area contributed by atoms with Gasteiger partial charge in [-0.2, -0.15) is 17.0 Å². The lowest BCUT2D eigenvalue weighted by molar-refractivity contribution is -0.138. The number of hydrogen-bond donors (Lipinski definition) is 0. The van der Waals surface area contributed by atoms with E-state index in [-0.39, 0.29) is 5.91 Å². The van der Waals surface area contributed by atoms with Gasteiger partial charge in [0.25, 0.3) is 0 Å². The van der Waals surface area contributed by atoms with Crippen molar-refractivity contribution in [2.45, 2.75) is 25.6 Å². The molecule has 0 aliphatic carbocycles. The Bertz CT molecular complexity index is 469. The molecule has 0 aromatic heterocycles. The smallest absolute Gasteiger partial charge is 0.243 e. The Balaban J connectivity index is 3.06. The zero-order valence-corrected chi connectivity index (χ0v) is 12.5. The highest BCUT2D eigenvalue weighted by Crippen LogP contribution is 2.28. The fourth-order valence-corrected chi connectivity index (χ4v) is 4.58. The number of hydrogen-bond acceptors (Lipinski definition) is 5. The highest BCUT2D eigenvalue weighted by atomic mass is 32.2. The summed E-state index contributed by atoms with van der Waals surface area (Å²) in [6, 6.07) is 2.00. The van der Waals surface area contributed by atoms with Crippen molar-refractivity contribution in [2.75, 3.05) is 24.3 Å². The van der Waals surface area contributed by atoms with E-state index < -0.39 is 20.6 Å². The number of nitriles is 1. The molecular weight excluding hydrogens is 272 g/mol. The van der Waals surface area contributed by atoms with E-state index in [0.29, 0.717) is 24.5 Å². The predicted molar refractivity (Wildman–Crippen MR) is 71.7 cm³/mol. The molecule has 5 nitrogen and oxygen atoms in total. The molecule has 1 amide bonds. The molecule has 1 aliphatic heterocycles. The van der Waals surface area contributed by atoms with Gasteiger partial charge in [0.05, 0.1) is 6.07 Å². The zero-order valence-electron chi connectivity index (χ0n) is 10.8. The second-order valence-corrected chi connectivity index (χ2v) is 8.01. The summed E-state index contributed by atoms with van der Waals surface area (Å²) in [4.78, 5) is 13.7. The Morgan fingerprint density at radius 2 is 2.22 bits per heavy atom. The Labute approximate surface area is 112 Å². The first kappa shape index (κ1) is 15.3. The number of rotatable bonds is 3. The fraction of sp³-hybridized carbons (Fsp3) is 0.818. The van der Waals surface area contributed by atoms with E-state index in [1.54, 1.807) is 13.8 Å². The van der Waals surface area contributed by atoms with Gasteiger partial charge in [0.2, 0.25) is 5.91 Å². The van der Waals surface area contributed by atoms with Gasteiger partial charge in [0.1, 0.15) is 10.8 Å². The summed E-state index contributed by atoms with van der Waals surface area (Å²) in [6.07, 6.45) is 1.52. The van der Waals surface area contributed by atoms with Crippen LogP contribution in [-0.4, -0.2) is 48.9 Å². The van der Waals surface area contributed by atoms with Crippen molar-refractivity contribution in [1.29, 1.82) is 5.26 Å². The maximum atomic E-state index is 12.4. The van der Waals surface area contributed by atoms with E-state index >= 15 is 0 Å². The zero-order chi connectivity index (χ0) is 14.0. The minimum absolute atomic E-state index is 0.372. The first-order valence-electron chi connectivity index (χ1n) is 5.75. The lowest BCUT2D eigenvalue weighted by Crippen LogP contribution is -2.54. The highest BCUT2D eigenvalue weighted by molar-refractivity contribution is 8.00. The van der Waals surface area contributed by atoms with Crippen LogP contribution in [0.1, 0.15) is 20.3 Å². The molecule has 1 rings (SSSR count). The van der Waals surface area contributed by atoms with Crippen LogP contribution in [-0.2, 0) is 14.6 Å². The Morgan fingerprint density at radius 3 is 2.67 bits per heavy atom. The molecule has 0 N–H and O–H groups in total. The van der Waals surface area contributed by atoms with E-state index in [1.807, 2.05) is 6.07 Å². The van der Waals surface area contributed by atoms with E-state index in [1.165, 1.54) is 16.7 Å². The maximum absolute atomic E-state index is 12.4. The molecule has 0 bridgehead atoms. The molecule has 1 saturated heterocycles. The summed E-state index contributed by atoms with van der Waals surface area (Å²) < 4.78 is 23.4. The van der Waals surface area contributed by atoms with Crippen molar-refractivity contribution < 1.29 is 13.2 Å². The van der Waals surface area contributed by atoms with Crippen LogP contribution in [0.15, 0.2) is 0 Å². The molecule has 7 heteroatoms. The molecule has 102 valence electrons. The number of thioether (sulfide) groups is 1. The normalized spacial score (nSPS) is 24.1. The molecule has 1 fully saturated rings. The molecule has 0 radical (unpaired) electrons. The Hall–Kier alpha value is -0.740. The van der Waals surface area contributed by atoms with Crippen molar-refractivity contribution in [3.8, 4) is 6.07 Å². The van der Waals surface area contributed by atoms with Crippen molar-refractivity contribution >= 4 is 27.5 Å². The number of amides is 1. The molecule has 0 spiro atoms. The van der Waals surface area contributed by atoms with Crippen LogP contribution in [0.25, 0.3) is 0 Å². The predicted octanol–water partition coefficient (Wildman–Crippen LogP) is 0.872. The molecule has 0 saturated carbocycles. The lowest BCUT2D eigenvalue weighted by atomic mass is 9.87. The van der Waals surface area contributed by atoms with Gasteiger partial charge >= 0.3 is 0 Å². The molecule has 18 heavy (non-hydrogen) atoms. The third kappa shape index (κ3) is 2.98. The third-order valence-electron chi connectivity index (χ3n) is 3.27. The number of carbonyl (C=O) groups is 1. The molecule has 0 aromatic rings. The van der Waals surface area contributed by atoms with E-state index in [2.05, 4.69) is 0 Å². The average molecular weight is 290 g/mol. The monoisotopic (exact) mass is 290 g/mol. The topological polar surface area (TPSA) is 78.2 Å². The fourth-order valence-electron chi connectivity index (χ4n) is 1.76. The van der Waals surface area contributed by atoms with Crippen LogP contribution in [0.5, 0.6) is 0 Å². The van der Waals surface area contributed by atoms with Crippen LogP contribution in [0, 0.1) is 16.7 Å². The summed E-state index contributed by atoms with van der Waals surface area (Å²) >= 11 is 1.52. The van der Waals surface area contributed by atoms with Crippen LogP contribution < -0.4 is 0 Å². The number of carbonyl (C=O) groups excluding carboxylic acids is 1. The van der Waals surface area contributed by atoms with E-state index in [4.69, 9.17) is 5.26 Å². The van der Waals surface area contributed by atoms with E-state index in [9.17, 15) is 13.2 Å². The quantitative estimate of drug-likeness (QED) is 0.770. The van der Waals surface area contributed by atoms with Gasteiger partial charge in [-0.1, -0.05) is 6.92 Å². The Kier molecular flexibility index (Phi) is 4.67. The van der Waals surface area contributed by atoms with Gasteiger partial charge in [0, 0.05) is 24.3 Å². The van der Waals surface area contributed by atoms with Crippen LogP contribution in [0.3, 0.4) is 0 Å². The van der Waals surface area contributed by atoms with Crippen molar-refractivity contribution in [3.05, 3.63) is 0 Å². The Morgan fingerprint density at radius 1 is 1.61 bits per heavy atom. The standard InChI is InChI=1S/C11H18N2O3S2/c1-4-11(2,8-12)10(14)13-5-6-17-7-9(13)18(3,15)16/h9H,4-7H2,1-3H3. The molecule has 1 heterocycles. The van der Waals surface area contributed by atoms with Gasteiger partial charge in [-0.3, -0.25) is 4.79 Å². The first-order chi connectivity index (χ1) is 8.26. The highest BCUT2D eigenvalue weighted by Gasteiger charge is 2.42. The van der Waals surface area contributed by atoms with Crippen LogP contribution >= 0.6 is 11.8 Å². The summed E-state index contributed by atoms with van der Waals surface area (Å²) in [5.41, 5.74) is -1.13. The van der Waals surface area contributed by atoms with Gasteiger partial charge in [-0.05, 0) is 13.3 Å². The maximum Gasteiger partial charge on any atom is 0.243 e. The molecule has 0 aromatic carbocycles. The van der Waals surface area contributed by atoms with Crippen molar-refractivity contribution in [1.82, 2.24) is 4.90 Å². The molecule has 2 atom stereocenters. The van der Waals surface area contributed by atoms with Crippen molar-refractivity contribution in [3.63, 3.8) is 0 Å². The first-order valence-corrected chi connectivity index (χ1v) is 8.86. The largest absolute Gasteiger partial charge is 0.323 e. The minimum atomic E-state index is -3.32. The SMILES string of the molecule is CCC(C)(C#N)C(=O)N1CCSCC1S(C)(=O)=O. The summed E-state index contributed by atoms with van der Waals surface area (Å²) in [7, 11) is -3.32. The summed E-state index contributed by atoms with van der Waals surface area (Å²) in [5.74, 6) is 0.724. The number of nitrogens with zero attached hydrogens (tertiary/aromatic N) is 2. The number of sulfone groups is 1. The van der Waals surface area contributed by atoms with Gasteiger partial charge in [-0.15, -0.1) is 0 Å². The minimum Gasteiger partial charge on any atom is -0.323 e. The van der Waals surface area contributed by atoms with Crippen molar-refractivity contribution in [2.24, 2.45) is 5.41 Å². The second kappa shape index (κ2) is 5.49. The van der Waals surface area contributed by atoms with Gasteiger partial charge < -0.3 is 4.90 Å². The molecule has 2 unspecified atom stereocenters. The van der Waals surface area contributed by atoms with Crippen LogP contribution in [0.2, 0.25) is 0 Å². The summed E-state index contributed by atoms with van der Waals surface area (Å²) in [5, 5.41) is 8.32. The van der Waals surface area contributed by atoms with E-state index in [0.717, 1.165) is 6.26 Å². The van der Waals surface area contributed by atoms with Gasteiger partial charge in [-0.25, -0.2) is 8.42 Å².